The number of amides is 3. The zero-order valence-corrected chi connectivity index (χ0v) is 16.0. The van der Waals surface area contributed by atoms with Crippen molar-refractivity contribution in [3.8, 4) is 0 Å². The lowest BCUT2D eigenvalue weighted by Gasteiger charge is -2.15. The zero-order chi connectivity index (χ0) is 19.9. The normalized spacial score (nSPS) is 11.4. The average Bonchev–Trinajstić information content (AvgIpc) is 2.69. The van der Waals surface area contributed by atoms with Gasteiger partial charge < -0.3 is 16.0 Å². The third kappa shape index (κ3) is 5.34. The number of halogens is 1. The summed E-state index contributed by atoms with van der Waals surface area (Å²) in [6.07, 6.45) is 0. The smallest absolute Gasteiger partial charge is 0.319 e. The molecule has 3 N–H and O–H groups in total. The van der Waals surface area contributed by atoms with Gasteiger partial charge in [0.15, 0.2) is 0 Å². The molecule has 0 radical (unpaired) electrons. The number of nitrogens with one attached hydrogen (secondary N) is 3. The number of hydrogen-bond donors (Lipinski definition) is 3. The monoisotopic (exact) mass is 393 g/mol. The first-order valence-electron chi connectivity index (χ1n) is 8.81. The molecule has 0 heterocycles. The van der Waals surface area contributed by atoms with Crippen LogP contribution in [0.25, 0.3) is 0 Å². The maximum absolute atomic E-state index is 12.3. The highest BCUT2D eigenvalue weighted by Crippen LogP contribution is 2.18. The first kappa shape index (κ1) is 19.5. The zero-order valence-electron chi connectivity index (χ0n) is 15.3. The third-order valence-corrected chi connectivity index (χ3v) is 4.37. The number of urea groups is 1. The van der Waals surface area contributed by atoms with E-state index in [-0.39, 0.29) is 18.0 Å². The van der Waals surface area contributed by atoms with Crippen LogP contribution >= 0.6 is 11.6 Å². The van der Waals surface area contributed by atoms with Crippen molar-refractivity contribution in [3.05, 3.63) is 95.0 Å². The van der Waals surface area contributed by atoms with E-state index < -0.39 is 0 Å². The van der Waals surface area contributed by atoms with Gasteiger partial charge in [-0.05, 0) is 61.0 Å². The molecule has 0 saturated heterocycles. The topological polar surface area (TPSA) is 70.2 Å². The molecule has 3 aromatic carbocycles. The Morgan fingerprint density at radius 2 is 1.50 bits per heavy atom. The summed E-state index contributed by atoms with van der Waals surface area (Å²) in [5.74, 6) is -0.211. The van der Waals surface area contributed by atoms with Crippen LogP contribution in [0.2, 0.25) is 5.02 Å². The molecule has 1 atom stereocenters. The molecule has 0 aliphatic rings. The van der Waals surface area contributed by atoms with Crippen LogP contribution in [-0.2, 0) is 0 Å². The van der Waals surface area contributed by atoms with Crippen molar-refractivity contribution in [1.82, 2.24) is 5.32 Å². The van der Waals surface area contributed by atoms with Crippen LogP contribution in [0.15, 0.2) is 78.9 Å². The van der Waals surface area contributed by atoms with Crippen molar-refractivity contribution in [2.75, 3.05) is 10.6 Å². The summed E-state index contributed by atoms with van der Waals surface area (Å²) < 4.78 is 0. The van der Waals surface area contributed by atoms with Crippen molar-refractivity contribution < 1.29 is 9.59 Å². The van der Waals surface area contributed by atoms with E-state index in [2.05, 4.69) is 16.0 Å². The van der Waals surface area contributed by atoms with Crippen molar-refractivity contribution >= 4 is 34.9 Å². The van der Waals surface area contributed by atoms with Crippen LogP contribution in [0.1, 0.15) is 28.9 Å². The van der Waals surface area contributed by atoms with Crippen LogP contribution in [0.4, 0.5) is 16.2 Å². The molecule has 3 aromatic rings. The highest BCUT2D eigenvalue weighted by molar-refractivity contribution is 6.30. The molecule has 5 nitrogen and oxygen atoms in total. The maximum Gasteiger partial charge on any atom is 0.319 e. The van der Waals surface area contributed by atoms with Gasteiger partial charge >= 0.3 is 6.03 Å². The van der Waals surface area contributed by atoms with Gasteiger partial charge in [0.05, 0.1) is 6.04 Å². The molecule has 0 aliphatic heterocycles. The summed E-state index contributed by atoms with van der Waals surface area (Å²) in [5.41, 5.74) is 2.73. The summed E-state index contributed by atoms with van der Waals surface area (Å²) in [6, 6.07) is 22.7. The van der Waals surface area contributed by atoms with Crippen LogP contribution in [0.3, 0.4) is 0 Å². The number of carbonyl (C=O) groups is 2. The molecule has 0 fully saturated rings. The van der Waals surface area contributed by atoms with Gasteiger partial charge in [-0.15, -0.1) is 0 Å². The molecule has 1 unspecified atom stereocenters. The van der Waals surface area contributed by atoms with Crippen molar-refractivity contribution in [3.63, 3.8) is 0 Å². The van der Waals surface area contributed by atoms with Gasteiger partial charge in [0, 0.05) is 22.0 Å². The highest BCUT2D eigenvalue weighted by atomic mass is 35.5. The van der Waals surface area contributed by atoms with E-state index in [4.69, 9.17) is 11.6 Å². The van der Waals surface area contributed by atoms with Crippen LogP contribution in [0, 0.1) is 0 Å². The lowest BCUT2D eigenvalue weighted by atomic mass is 10.1. The van der Waals surface area contributed by atoms with Crippen molar-refractivity contribution in [2.45, 2.75) is 13.0 Å². The lowest BCUT2D eigenvalue weighted by molar-refractivity contribution is 0.102. The Morgan fingerprint density at radius 3 is 2.18 bits per heavy atom. The van der Waals surface area contributed by atoms with E-state index in [1.54, 1.807) is 30.3 Å². The van der Waals surface area contributed by atoms with Crippen LogP contribution in [0.5, 0.6) is 0 Å². The maximum atomic E-state index is 12.3. The standard InChI is InChI=1S/C22H20ClN3O2/c1-15(17-6-5-7-18(23)14-17)24-22(28)26-20-12-10-16(11-13-20)21(27)25-19-8-3-2-4-9-19/h2-15H,1H3,(H,25,27)(H2,24,26,28). The molecule has 142 valence electrons. The molecular weight excluding hydrogens is 374 g/mol. The lowest BCUT2D eigenvalue weighted by Crippen LogP contribution is -2.31. The van der Waals surface area contributed by atoms with E-state index in [1.807, 2.05) is 55.5 Å². The van der Waals surface area contributed by atoms with Crippen LogP contribution < -0.4 is 16.0 Å². The number of para-hydroxylation sites is 1. The van der Waals surface area contributed by atoms with E-state index in [1.165, 1.54) is 0 Å². The Morgan fingerprint density at radius 1 is 0.821 bits per heavy atom. The van der Waals surface area contributed by atoms with Crippen molar-refractivity contribution in [2.24, 2.45) is 0 Å². The molecule has 3 amide bonds. The van der Waals surface area contributed by atoms with Gasteiger partial charge in [0.25, 0.3) is 5.91 Å². The second kappa shape index (κ2) is 9.06. The Kier molecular flexibility index (Phi) is 6.29. The quantitative estimate of drug-likeness (QED) is 0.537. The second-order valence-corrected chi connectivity index (χ2v) is 6.71. The summed E-state index contributed by atoms with van der Waals surface area (Å²) >= 11 is 5.99. The van der Waals surface area contributed by atoms with Crippen molar-refractivity contribution in [1.29, 1.82) is 0 Å². The number of hydrogen-bond acceptors (Lipinski definition) is 2. The molecule has 0 bridgehead atoms. The largest absolute Gasteiger partial charge is 0.331 e. The molecule has 0 aliphatic carbocycles. The number of benzene rings is 3. The van der Waals surface area contributed by atoms with E-state index in [0.29, 0.717) is 16.3 Å². The fraction of sp³-hybridized carbons (Fsp3) is 0.0909. The summed E-state index contributed by atoms with van der Waals surface area (Å²) in [4.78, 5) is 24.5. The summed E-state index contributed by atoms with van der Waals surface area (Å²) in [7, 11) is 0. The molecule has 6 heteroatoms. The van der Waals surface area contributed by atoms with Gasteiger partial charge in [0.1, 0.15) is 0 Å². The van der Waals surface area contributed by atoms with Gasteiger partial charge in [-0.3, -0.25) is 4.79 Å². The molecule has 28 heavy (non-hydrogen) atoms. The predicted octanol–water partition coefficient (Wildman–Crippen LogP) is 5.48. The fourth-order valence-corrected chi connectivity index (χ4v) is 2.85. The Labute approximate surface area is 168 Å². The molecular formula is C22H20ClN3O2. The first-order valence-corrected chi connectivity index (χ1v) is 9.18. The Hall–Kier alpha value is -3.31. The minimum absolute atomic E-state index is 0.199. The Bertz CT molecular complexity index is 959. The minimum atomic E-state index is -0.339. The first-order chi connectivity index (χ1) is 13.5. The van der Waals surface area contributed by atoms with Gasteiger partial charge in [-0.2, -0.15) is 0 Å². The third-order valence-electron chi connectivity index (χ3n) is 4.13. The SMILES string of the molecule is CC(NC(=O)Nc1ccc(C(=O)Nc2ccccc2)cc1)c1cccc(Cl)c1. The highest BCUT2D eigenvalue weighted by Gasteiger charge is 2.11. The van der Waals surface area contributed by atoms with Crippen LogP contribution in [-0.4, -0.2) is 11.9 Å². The van der Waals surface area contributed by atoms with E-state index >= 15 is 0 Å². The number of anilines is 2. The molecule has 0 spiro atoms. The van der Waals surface area contributed by atoms with E-state index in [0.717, 1.165) is 11.3 Å². The molecule has 3 rings (SSSR count). The summed E-state index contributed by atoms with van der Waals surface area (Å²) in [6.45, 7) is 1.88. The van der Waals surface area contributed by atoms with E-state index in [9.17, 15) is 9.59 Å². The summed E-state index contributed by atoms with van der Waals surface area (Å²) in [5, 5.41) is 9.05. The number of carbonyl (C=O) groups excluding carboxylic acids is 2. The fourth-order valence-electron chi connectivity index (χ4n) is 2.65. The minimum Gasteiger partial charge on any atom is -0.331 e. The predicted molar refractivity (Wildman–Crippen MR) is 113 cm³/mol. The van der Waals surface area contributed by atoms with Gasteiger partial charge in [-0.25, -0.2) is 4.79 Å². The average molecular weight is 394 g/mol. The molecule has 0 aromatic heterocycles. The molecule has 0 saturated carbocycles. The van der Waals surface area contributed by atoms with Gasteiger partial charge in [0.2, 0.25) is 0 Å². The van der Waals surface area contributed by atoms with Gasteiger partial charge in [-0.1, -0.05) is 41.9 Å². The second-order valence-electron chi connectivity index (χ2n) is 6.27. The Balaban J connectivity index is 1.56. The number of rotatable bonds is 5.